The minimum atomic E-state index is -0.937. The highest BCUT2D eigenvalue weighted by Gasteiger charge is 2.38. The Kier molecular flexibility index (Phi) is 11.8. The summed E-state index contributed by atoms with van der Waals surface area (Å²) in [7, 11) is 0. The van der Waals surface area contributed by atoms with Crippen molar-refractivity contribution < 1.29 is 19.1 Å². The van der Waals surface area contributed by atoms with Crippen LogP contribution in [-0.2, 0) is 14.3 Å². The second kappa shape index (κ2) is 14.4. The van der Waals surface area contributed by atoms with Gasteiger partial charge in [-0.3, -0.25) is 9.59 Å². The number of nitrogens with zero attached hydrogens (tertiary/aromatic N) is 1. The van der Waals surface area contributed by atoms with Crippen LogP contribution in [0.4, 0.5) is 10.5 Å². The monoisotopic (exact) mass is 557 g/mol. The van der Waals surface area contributed by atoms with Crippen molar-refractivity contribution in [1.82, 2.24) is 10.2 Å². The molecule has 0 aliphatic rings. The summed E-state index contributed by atoms with van der Waals surface area (Å²) in [5.41, 5.74) is 2.20. The molecule has 7 nitrogen and oxygen atoms in total. The summed E-state index contributed by atoms with van der Waals surface area (Å²) < 4.78 is 5.48. The molecule has 0 aliphatic heterocycles. The molecule has 0 radical (unpaired) electrons. The molecule has 0 spiro atoms. The number of ether oxygens (including phenoxy) is 1. The van der Waals surface area contributed by atoms with Crippen molar-refractivity contribution in [3.8, 4) is 0 Å². The van der Waals surface area contributed by atoms with Crippen LogP contribution in [0.5, 0.6) is 0 Å². The van der Waals surface area contributed by atoms with Crippen LogP contribution in [0.15, 0.2) is 42.5 Å². The number of amides is 3. The fourth-order valence-electron chi connectivity index (χ4n) is 4.32. The van der Waals surface area contributed by atoms with Crippen molar-refractivity contribution >= 4 is 35.2 Å². The Morgan fingerprint density at radius 3 is 2.21 bits per heavy atom. The first kappa shape index (κ1) is 32.2. The van der Waals surface area contributed by atoms with E-state index in [1.807, 2.05) is 71.0 Å². The molecular weight excluding hydrogens is 514 g/mol. The number of hydrogen-bond donors (Lipinski definition) is 2. The van der Waals surface area contributed by atoms with E-state index in [0.717, 1.165) is 17.5 Å². The van der Waals surface area contributed by atoms with Gasteiger partial charge in [-0.15, -0.1) is 0 Å². The summed E-state index contributed by atoms with van der Waals surface area (Å²) >= 11 is 6.45. The maximum atomic E-state index is 14.3. The van der Waals surface area contributed by atoms with Crippen LogP contribution in [0.2, 0.25) is 5.02 Å². The molecule has 0 saturated heterocycles. The molecule has 0 aromatic heterocycles. The predicted octanol–water partition coefficient (Wildman–Crippen LogP) is 7.20. The van der Waals surface area contributed by atoms with Gasteiger partial charge in [-0.1, -0.05) is 81.6 Å². The number of alkyl carbamates (subject to hydrolysis) is 1. The lowest BCUT2D eigenvalue weighted by molar-refractivity contribution is -0.142. The molecule has 8 heteroatoms. The number of carbonyl (C=O) groups excluding carboxylic acids is 3. The average Bonchev–Trinajstić information content (AvgIpc) is 2.86. The molecule has 2 aromatic rings. The number of nitrogens with one attached hydrogen (secondary N) is 2. The fraction of sp³-hybridized carbons (Fsp3) is 0.516. The third kappa shape index (κ3) is 8.99. The molecule has 39 heavy (non-hydrogen) atoms. The largest absolute Gasteiger partial charge is 0.444 e. The lowest BCUT2D eigenvalue weighted by Gasteiger charge is -2.36. The molecule has 0 bridgehead atoms. The molecule has 2 aromatic carbocycles. The van der Waals surface area contributed by atoms with Gasteiger partial charge in [0.15, 0.2) is 0 Å². The van der Waals surface area contributed by atoms with Gasteiger partial charge in [0.1, 0.15) is 17.7 Å². The normalized spacial score (nSPS) is 13.7. The molecule has 0 aliphatic carbocycles. The van der Waals surface area contributed by atoms with Gasteiger partial charge in [0.05, 0.1) is 10.7 Å². The van der Waals surface area contributed by atoms with Gasteiger partial charge in [0.2, 0.25) is 5.91 Å². The van der Waals surface area contributed by atoms with Crippen molar-refractivity contribution in [2.75, 3.05) is 11.9 Å². The van der Waals surface area contributed by atoms with Crippen LogP contribution in [0.3, 0.4) is 0 Å². The maximum absolute atomic E-state index is 14.3. The molecular formula is C31H44ClN3O4. The molecule has 2 N–H and O–H groups in total. The number of benzene rings is 2. The standard InChI is InChI=1S/C31H44ClN3O4/c1-9-11-19-35(29(37)26(20(3)10-2)34-30(38)39-31(6,7)8)27(23-17-13-12-15-21(23)4)28(36)33-25-22(5)16-14-18-24(25)32/h12-18,20,26-27H,9-11,19H2,1-8H3,(H,33,36)(H,34,38). The maximum Gasteiger partial charge on any atom is 0.408 e. The predicted molar refractivity (Wildman–Crippen MR) is 158 cm³/mol. The number of aryl methyl sites for hydroxylation is 2. The van der Waals surface area contributed by atoms with Crippen LogP contribution in [-0.4, -0.2) is 41.0 Å². The van der Waals surface area contributed by atoms with Crippen LogP contribution in [0, 0.1) is 19.8 Å². The molecule has 3 atom stereocenters. The van der Waals surface area contributed by atoms with Crippen LogP contribution < -0.4 is 10.6 Å². The summed E-state index contributed by atoms with van der Waals surface area (Å²) in [5, 5.41) is 6.22. The number of carbonyl (C=O) groups is 3. The molecule has 2 rings (SSSR count). The lowest BCUT2D eigenvalue weighted by atomic mass is 9.94. The second-order valence-corrected chi connectivity index (χ2v) is 11.5. The zero-order valence-corrected chi connectivity index (χ0v) is 25.3. The Labute approximate surface area is 238 Å². The first-order valence-electron chi connectivity index (χ1n) is 13.7. The summed E-state index contributed by atoms with van der Waals surface area (Å²) in [6.07, 6.45) is 1.49. The van der Waals surface area contributed by atoms with Gasteiger partial charge in [0.25, 0.3) is 5.91 Å². The molecule has 0 heterocycles. The van der Waals surface area contributed by atoms with Crippen LogP contribution in [0.25, 0.3) is 0 Å². The van der Waals surface area contributed by atoms with E-state index in [1.54, 1.807) is 31.7 Å². The Morgan fingerprint density at radius 2 is 1.64 bits per heavy atom. The number of para-hydroxylation sites is 1. The van der Waals surface area contributed by atoms with Crippen LogP contribution in [0.1, 0.15) is 83.5 Å². The Bertz CT molecular complexity index is 1120. The molecule has 0 fully saturated rings. The number of hydrogen-bond acceptors (Lipinski definition) is 4. The zero-order valence-electron chi connectivity index (χ0n) is 24.6. The van der Waals surface area contributed by atoms with E-state index in [9.17, 15) is 14.4 Å². The number of halogens is 1. The first-order chi connectivity index (χ1) is 18.3. The van der Waals surface area contributed by atoms with Crippen molar-refractivity contribution in [1.29, 1.82) is 0 Å². The van der Waals surface area contributed by atoms with Crippen LogP contribution >= 0.6 is 11.6 Å². The highest BCUT2D eigenvalue weighted by Crippen LogP contribution is 2.31. The summed E-state index contributed by atoms with van der Waals surface area (Å²) in [6.45, 7) is 15.4. The first-order valence-corrected chi connectivity index (χ1v) is 14.1. The highest BCUT2D eigenvalue weighted by atomic mass is 35.5. The zero-order chi connectivity index (χ0) is 29.3. The summed E-state index contributed by atoms with van der Waals surface area (Å²) in [5.74, 6) is -0.895. The molecule has 214 valence electrons. The van der Waals surface area contributed by atoms with E-state index < -0.39 is 23.8 Å². The molecule has 0 saturated carbocycles. The SMILES string of the molecule is CCCCN(C(=O)C(NC(=O)OC(C)(C)C)C(C)CC)C(C(=O)Nc1c(C)cccc1Cl)c1ccccc1C. The van der Waals surface area contributed by atoms with Crippen molar-refractivity contribution in [2.45, 2.75) is 92.3 Å². The van der Waals surface area contributed by atoms with Crippen molar-refractivity contribution in [2.24, 2.45) is 5.92 Å². The van der Waals surface area contributed by atoms with E-state index >= 15 is 0 Å². The number of anilines is 1. The summed E-state index contributed by atoms with van der Waals surface area (Å²) in [6, 6.07) is 11.1. The fourth-order valence-corrected chi connectivity index (χ4v) is 4.59. The number of rotatable bonds is 11. The summed E-state index contributed by atoms with van der Waals surface area (Å²) in [4.78, 5) is 42.8. The van der Waals surface area contributed by atoms with E-state index in [4.69, 9.17) is 16.3 Å². The quantitative estimate of drug-likeness (QED) is 0.305. The highest BCUT2D eigenvalue weighted by molar-refractivity contribution is 6.34. The number of unbranched alkanes of at least 4 members (excludes halogenated alkanes) is 1. The second-order valence-electron chi connectivity index (χ2n) is 11.1. The van der Waals surface area contributed by atoms with Crippen molar-refractivity contribution in [3.05, 3.63) is 64.2 Å². The van der Waals surface area contributed by atoms with Gasteiger partial charge >= 0.3 is 6.09 Å². The minimum absolute atomic E-state index is 0.194. The van der Waals surface area contributed by atoms with Gasteiger partial charge in [0, 0.05) is 6.54 Å². The van der Waals surface area contributed by atoms with Crippen molar-refractivity contribution in [3.63, 3.8) is 0 Å². The Morgan fingerprint density at radius 1 is 1.00 bits per heavy atom. The smallest absolute Gasteiger partial charge is 0.408 e. The van der Waals surface area contributed by atoms with Gasteiger partial charge in [-0.05, 0) is 69.7 Å². The molecule has 3 unspecified atom stereocenters. The third-order valence-corrected chi connectivity index (χ3v) is 7.02. The average molecular weight is 558 g/mol. The lowest BCUT2D eigenvalue weighted by Crippen LogP contribution is -2.55. The minimum Gasteiger partial charge on any atom is -0.444 e. The molecule has 3 amide bonds. The topological polar surface area (TPSA) is 87.7 Å². The van der Waals surface area contributed by atoms with E-state index in [1.165, 1.54) is 0 Å². The van der Waals surface area contributed by atoms with Gasteiger partial charge in [-0.25, -0.2) is 4.79 Å². The van der Waals surface area contributed by atoms with E-state index in [-0.39, 0.29) is 17.7 Å². The van der Waals surface area contributed by atoms with E-state index in [0.29, 0.717) is 35.7 Å². The third-order valence-electron chi connectivity index (χ3n) is 6.70. The Balaban J connectivity index is 2.60. The van der Waals surface area contributed by atoms with Gasteiger partial charge in [-0.2, -0.15) is 0 Å². The van der Waals surface area contributed by atoms with E-state index in [2.05, 4.69) is 10.6 Å². The van der Waals surface area contributed by atoms with Gasteiger partial charge < -0.3 is 20.3 Å². The Hall–Kier alpha value is -3.06.